The van der Waals surface area contributed by atoms with Crippen LogP contribution >= 0.6 is 27.3 Å². The number of thiazole rings is 1. The molecule has 0 saturated carbocycles. The van der Waals surface area contributed by atoms with Crippen molar-refractivity contribution in [2.24, 2.45) is 4.99 Å². The molecule has 162 valence electrons. The lowest BCUT2D eigenvalue weighted by molar-refractivity contribution is -0.139. The Balaban J connectivity index is 1.88. The Bertz CT molecular complexity index is 1400. The summed E-state index contributed by atoms with van der Waals surface area (Å²) in [6, 6.07) is 16.9. The van der Waals surface area contributed by atoms with Gasteiger partial charge >= 0.3 is 5.97 Å². The molecule has 0 fully saturated rings. The molecule has 1 aliphatic heterocycles. The van der Waals surface area contributed by atoms with Crippen LogP contribution in [0.15, 0.2) is 86.2 Å². The van der Waals surface area contributed by atoms with E-state index >= 15 is 0 Å². The Morgan fingerprint density at radius 2 is 1.94 bits per heavy atom. The van der Waals surface area contributed by atoms with Crippen molar-refractivity contribution in [3.05, 3.63) is 107 Å². The van der Waals surface area contributed by atoms with Gasteiger partial charge in [0.1, 0.15) is 0 Å². The van der Waals surface area contributed by atoms with Crippen molar-refractivity contribution in [2.45, 2.75) is 19.9 Å². The van der Waals surface area contributed by atoms with Crippen LogP contribution in [-0.2, 0) is 9.53 Å². The molecule has 2 aromatic carbocycles. The third kappa shape index (κ3) is 4.59. The molecular weight excluding hydrogens is 488 g/mol. The average molecular weight is 509 g/mol. The van der Waals surface area contributed by atoms with Crippen molar-refractivity contribution < 1.29 is 9.53 Å². The summed E-state index contributed by atoms with van der Waals surface area (Å²) < 4.78 is 8.35. The third-order valence-electron chi connectivity index (χ3n) is 4.98. The van der Waals surface area contributed by atoms with Gasteiger partial charge in [0.2, 0.25) is 0 Å². The van der Waals surface area contributed by atoms with Crippen molar-refractivity contribution in [3.63, 3.8) is 0 Å². The number of fused-ring (bicyclic) bond motifs is 1. The van der Waals surface area contributed by atoms with E-state index in [1.54, 1.807) is 18.4 Å². The third-order valence-corrected chi connectivity index (χ3v) is 6.45. The molecule has 0 bridgehead atoms. The number of allylic oxidation sites excluding steroid dienone is 2. The Morgan fingerprint density at radius 3 is 2.66 bits per heavy atom. The maximum Gasteiger partial charge on any atom is 0.338 e. The minimum Gasteiger partial charge on any atom is -0.463 e. The Hall–Kier alpha value is -3.03. The van der Waals surface area contributed by atoms with E-state index in [0.717, 1.165) is 15.6 Å². The van der Waals surface area contributed by atoms with E-state index in [1.165, 1.54) is 11.3 Å². The number of nitrogens with zero attached hydrogens (tertiary/aromatic N) is 2. The number of benzene rings is 2. The quantitative estimate of drug-likeness (QED) is 0.484. The first kappa shape index (κ1) is 22.2. The number of carbonyl (C=O) groups excluding carboxylic acids is 1. The van der Waals surface area contributed by atoms with Gasteiger partial charge in [0.15, 0.2) is 4.80 Å². The lowest BCUT2D eigenvalue weighted by Gasteiger charge is -2.21. The minimum absolute atomic E-state index is 0.189. The molecule has 0 unspecified atom stereocenters. The van der Waals surface area contributed by atoms with Gasteiger partial charge in [0.05, 0.1) is 28.5 Å². The number of carbonyl (C=O) groups is 1. The fourth-order valence-electron chi connectivity index (χ4n) is 3.53. The van der Waals surface area contributed by atoms with Crippen LogP contribution in [0, 0.1) is 0 Å². The van der Waals surface area contributed by atoms with E-state index in [0.29, 0.717) is 20.6 Å². The van der Waals surface area contributed by atoms with Gasteiger partial charge < -0.3 is 4.74 Å². The van der Waals surface area contributed by atoms with Crippen molar-refractivity contribution in [1.29, 1.82) is 0 Å². The number of rotatable bonds is 5. The van der Waals surface area contributed by atoms with Gasteiger partial charge in [-0.05, 0) is 43.2 Å². The van der Waals surface area contributed by atoms with Gasteiger partial charge in [-0.1, -0.05) is 81.9 Å². The highest BCUT2D eigenvalue weighted by molar-refractivity contribution is 9.10. The topological polar surface area (TPSA) is 60.7 Å². The van der Waals surface area contributed by atoms with Gasteiger partial charge in [-0.3, -0.25) is 9.36 Å². The summed E-state index contributed by atoms with van der Waals surface area (Å²) in [4.78, 5) is 31.3. The average Bonchev–Trinajstić information content (AvgIpc) is 3.07. The van der Waals surface area contributed by atoms with E-state index < -0.39 is 12.0 Å². The molecule has 0 radical (unpaired) electrons. The summed E-state index contributed by atoms with van der Waals surface area (Å²) in [5, 5.41) is 0. The summed E-state index contributed by atoms with van der Waals surface area (Å²) in [6.45, 7) is 3.79. The molecule has 1 aromatic heterocycles. The van der Waals surface area contributed by atoms with Crippen molar-refractivity contribution in [2.75, 3.05) is 6.61 Å². The maximum atomic E-state index is 13.4. The van der Waals surface area contributed by atoms with Crippen LogP contribution in [0.4, 0.5) is 0 Å². The van der Waals surface area contributed by atoms with Crippen LogP contribution in [0.5, 0.6) is 0 Å². The molecule has 0 aliphatic carbocycles. The van der Waals surface area contributed by atoms with Gasteiger partial charge in [-0.2, -0.15) is 0 Å². The highest BCUT2D eigenvalue weighted by Crippen LogP contribution is 2.26. The van der Waals surface area contributed by atoms with Gasteiger partial charge in [-0.15, -0.1) is 0 Å². The van der Waals surface area contributed by atoms with E-state index in [-0.39, 0.29) is 12.2 Å². The molecule has 32 heavy (non-hydrogen) atoms. The van der Waals surface area contributed by atoms with Crippen LogP contribution in [-0.4, -0.2) is 17.1 Å². The Labute approximate surface area is 197 Å². The standard InChI is InChI=1S/C25H21BrN2O3S/c1-3-31-24(30)22-16(2)27-25-28(20(22)13-12-17-8-5-4-6-9-17)23(29)21(32-25)15-18-10-7-11-19(26)14-18/h4-15,20H,3H2,1-2H3/b13-12+,21-15+/t20-/m1/s1. The second kappa shape index (κ2) is 9.63. The molecule has 0 N–H and O–H groups in total. The molecule has 4 rings (SSSR count). The smallest absolute Gasteiger partial charge is 0.338 e. The first-order valence-corrected chi connectivity index (χ1v) is 11.8. The molecule has 0 amide bonds. The van der Waals surface area contributed by atoms with Crippen molar-refractivity contribution in [1.82, 2.24) is 4.57 Å². The predicted molar refractivity (Wildman–Crippen MR) is 131 cm³/mol. The normalized spacial score (nSPS) is 16.2. The SMILES string of the molecule is CCOC(=O)C1=C(C)N=c2s/c(=C/c3cccc(Br)c3)c(=O)n2[C@@H]1/C=C/c1ccccc1. The van der Waals surface area contributed by atoms with E-state index in [1.807, 2.05) is 72.8 Å². The summed E-state index contributed by atoms with van der Waals surface area (Å²) in [6.07, 6.45) is 5.62. The van der Waals surface area contributed by atoms with Crippen LogP contribution < -0.4 is 14.9 Å². The highest BCUT2D eigenvalue weighted by Gasteiger charge is 2.30. The highest BCUT2D eigenvalue weighted by atomic mass is 79.9. The second-order valence-corrected chi connectivity index (χ2v) is 9.09. The van der Waals surface area contributed by atoms with E-state index in [2.05, 4.69) is 20.9 Å². The fourth-order valence-corrected chi connectivity index (χ4v) is 5.00. The number of halogens is 1. The summed E-state index contributed by atoms with van der Waals surface area (Å²) in [5.74, 6) is -0.460. The molecule has 3 aromatic rings. The fraction of sp³-hybridized carbons (Fsp3) is 0.160. The molecular formula is C25H21BrN2O3S. The van der Waals surface area contributed by atoms with Gasteiger partial charge in [-0.25, -0.2) is 9.79 Å². The number of ether oxygens (including phenoxy) is 1. The lowest BCUT2D eigenvalue weighted by Crippen LogP contribution is -2.38. The molecule has 1 atom stereocenters. The number of hydrogen-bond donors (Lipinski definition) is 0. The van der Waals surface area contributed by atoms with Crippen molar-refractivity contribution in [3.8, 4) is 0 Å². The second-order valence-electron chi connectivity index (χ2n) is 7.17. The summed E-state index contributed by atoms with van der Waals surface area (Å²) in [5.41, 5.74) is 2.62. The van der Waals surface area contributed by atoms with Crippen LogP contribution in [0.25, 0.3) is 12.2 Å². The van der Waals surface area contributed by atoms with Gasteiger partial charge in [0.25, 0.3) is 5.56 Å². The van der Waals surface area contributed by atoms with Gasteiger partial charge in [0, 0.05) is 4.47 Å². The van der Waals surface area contributed by atoms with Crippen LogP contribution in [0.1, 0.15) is 31.0 Å². The van der Waals surface area contributed by atoms with E-state index in [9.17, 15) is 9.59 Å². The predicted octanol–water partition coefficient (Wildman–Crippen LogP) is 4.23. The molecule has 5 nitrogen and oxygen atoms in total. The molecule has 2 heterocycles. The molecule has 7 heteroatoms. The zero-order chi connectivity index (χ0) is 22.7. The number of hydrogen-bond acceptors (Lipinski definition) is 5. The molecule has 0 saturated heterocycles. The van der Waals surface area contributed by atoms with Crippen LogP contribution in [0.2, 0.25) is 0 Å². The largest absolute Gasteiger partial charge is 0.463 e. The Morgan fingerprint density at radius 1 is 1.19 bits per heavy atom. The number of esters is 1. The van der Waals surface area contributed by atoms with Crippen molar-refractivity contribution >= 4 is 45.4 Å². The minimum atomic E-state index is -0.602. The maximum absolute atomic E-state index is 13.4. The summed E-state index contributed by atoms with van der Waals surface area (Å²) in [7, 11) is 0. The molecule has 1 aliphatic rings. The Kier molecular flexibility index (Phi) is 6.67. The zero-order valence-corrected chi connectivity index (χ0v) is 20.0. The first-order valence-electron chi connectivity index (χ1n) is 10.2. The monoisotopic (exact) mass is 508 g/mol. The zero-order valence-electron chi connectivity index (χ0n) is 17.6. The van der Waals surface area contributed by atoms with E-state index in [4.69, 9.17) is 4.74 Å². The van der Waals surface area contributed by atoms with Crippen LogP contribution in [0.3, 0.4) is 0 Å². The lowest BCUT2D eigenvalue weighted by atomic mass is 10.0. The number of aromatic nitrogens is 1. The molecule has 0 spiro atoms. The summed E-state index contributed by atoms with van der Waals surface area (Å²) >= 11 is 4.78. The first-order chi connectivity index (χ1) is 15.5.